The van der Waals surface area contributed by atoms with Crippen LogP contribution in [0.2, 0.25) is 5.02 Å². The third-order valence-electron chi connectivity index (χ3n) is 5.41. The summed E-state index contributed by atoms with van der Waals surface area (Å²) in [6, 6.07) is 13.3. The lowest BCUT2D eigenvalue weighted by molar-refractivity contribution is -0.117. The van der Waals surface area contributed by atoms with E-state index in [1.54, 1.807) is 31.2 Å². The number of anilines is 2. The molecule has 0 bridgehead atoms. The topological polar surface area (TPSA) is 73.0 Å². The highest BCUT2D eigenvalue weighted by atomic mass is 35.5. The highest BCUT2D eigenvalue weighted by Crippen LogP contribution is 2.29. The number of hydrogen-bond donors (Lipinski definition) is 1. The second kappa shape index (κ2) is 11.9. The average molecular weight is 501 g/mol. The van der Waals surface area contributed by atoms with Crippen LogP contribution in [-0.4, -0.2) is 69.9 Å². The number of nitrogens with zero attached hydrogens (tertiary/aromatic N) is 3. The van der Waals surface area contributed by atoms with Crippen LogP contribution in [0.25, 0.3) is 0 Å². The predicted octanol–water partition coefficient (Wildman–Crippen LogP) is 3.55. The number of nitrogens with one attached hydrogen (secondary N) is 1. The zero-order valence-corrected chi connectivity index (χ0v) is 20.7. The summed E-state index contributed by atoms with van der Waals surface area (Å²) in [6.07, 6.45) is 0. The maximum atomic E-state index is 13.2. The van der Waals surface area contributed by atoms with E-state index in [2.05, 4.69) is 22.0 Å². The van der Waals surface area contributed by atoms with Crippen LogP contribution < -0.4 is 9.62 Å². The monoisotopic (exact) mass is 500 g/mol. The summed E-state index contributed by atoms with van der Waals surface area (Å²) in [6.45, 7) is 8.96. The lowest BCUT2D eigenvalue weighted by Gasteiger charge is -2.33. The van der Waals surface area contributed by atoms with Crippen molar-refractivity contribution in [1.29, 1.82) is 0 Å². The molecule has 0 aliphatic carbocycles. The fourth-order valence-electron chi connectivity index (χ4n) is 3.63. The molecule has 7 nitrogen and oxygen atoms in total. The molecule has 0 atom stereocenters. The Balaban J connectivity index is 0.00000363. The molecular weight excluding hydrogens is 471 g/mol. The third-order valence-corrected chi connectivity index (χ3v) is 7.64. The van der Waals surface area contributed by atoms with Crippen LogP contribution in [0.3, 0.4) is 0 Å². The molecule has 0 spiro atoms. The number of carbonyl (C=O) groups excluding carboxylic acids is 1. The first-order valence-electron chi connectivity index (χ1n) is 10.5. The molecule has 1 heterocycles. The van der Waals surface area contributed by atoms with Crippen LogP contribution in [0.5, 0.6) is 0 Å². The Labute approximate surface area is 201 Å². The van der Waals surface area contributed by atoms with Crippen molar-refractivity contribution in [2.75, 3.05) is 55.4 Å². The number of para-hydroxylation sites is 1. The molecule has 176 valence electrons. The van der Waals surface area contributed by atoms with Crippen LogP contribution >= 0.6 is 24.0 Å². The van der Waals surface area contributed by atoms with Gasteiger partial charge in [0.1, 0.15) is 0 Å². The normalized spacial score (nSPS) is 15.1. The van der Waals surface area contributed by atoms with E-state index in [4.69, 9.17) is 11.6 Å². The van der Waals surface area contributed by atoms with Crippen LogP contribution in [0, 0.1) is 0 Å². The Hall–Kier alpha value is -1.84. The van der Waals surface area contributed by atoms with E-state index in [9.17, 15) is 13.2 Å². The van der Waals surface area contributed by atoms with Gasteiger partial charge in [-0.1, -0.05) is 36.7 Å². The Kier molecular flexibility index (Phi) is 9.79. The van der Waals surface area contributed by atoms with Gasteiger partial charge in [0.25, 0.3) is 10.0 Å². The smallest absolute Gasteiger partial charge is 0.264 e. The molecule has 32 heavy (non-hydrogen) atoms. The summed E-state index contributed by atoms with van der Waals surface area (Å²) in [5.41, 5.74) is 0.876. The number of benzene rings is 2. The average Bonchev–Trinajstić information content (AvgIpc) is 2.76. The molecule has 1 N–H and O–H groups in total. The standard InChI is InChI=1S/C22H29ClN4O3S.ClH/c1-3-25-12-14-26(15-13-25)17-22(28)24-21-16-19(10-11-20(21)23)31(29,30)27(4-2)18-8-6-5-7-9-18;/h5-11,16H,3-4,12-15,17H2,1-2H3,(H,24,28);1H. The van der Waals surface area contributed by atoms with Crippen molar-refractivity contribution in [3.63, 3.8) is 0 Å². The van der Waals surface area contributed by atoms with E-state index in [0.717, 1.165) is 32.7 Å². The van der Waals surface area contributed by atoms with Crippen molar-refractivity contribution in [2.45, 2.75) is 18.7 Å². The molecule has 10 heteroatoms. The number of likely N-dealkylation sites (N-methyl/N-ethyl adjacent to an activating group) is 1. The number of rotatable bonds is 8. The minimum absolute atomic E-state index is 0. The van der Waals surface area contributed by atoms with E-state index in [1.165, 1.54) is 22.5 Å². The highest BCUT2D eigenvalue weighted by molar-refractivity contribution is 7.92. The first-order valence-corrected chi connectivity index (χ1v) is 12.3. The fourth-order valence-corrected chi connectivity index (χ4v) is 5.30. The molecule has 2 aromatic carbocycles. The zero-order valence-electron chi connectivity index (χ0n) is 18.3. The maximum Gasteiger partial charge on any atom is 0.264 e. The van der Waals surface area contributed by atoms with Gasteiger partial charge in [-0.25, -0.2) is 8.42 Å². The van der Waals surface area contributed by atoms with Crippen molar-refractivity contribution < 1.29 is 13.2 Å². The SMILES string of the molecule is CCN1CCN(CC(=O)Nc2cc(S(=O)(=O)N(CC)c3ccccc3)ccc2Cl)CC1.Cl. The largest absolute Gasteiger partial charge is 0.324 e. The van der Waals surface area contributed by atoms with E-state index >= 15 is 0 Å². The van der Waals surface area contributed by atoms with Gasteiger partial charge >= 0.3 is 0 Å². The van der Waals surface area contributed by atoms with Crippen molar-refractivity contribution in [2.24, 2.45) is 0 Å². The molecular formula is C22H30Cl2N4O3S. The van der Waals surface area contributed by atoms with Gasteiger partial charge in [-0.2, -0.15) is 0 Å². The fraction of sp³-hybridized carbons (Fsp3) is 0.409. The molecule has 2 aromatic rings. The Morgan fingerprint density at radius 3 is 2.25 bits per heavy atom. The van der Waals surface area contributed by atoms with Gasteiger partial charge < -0.3 is 10.2 Å². The molecule has 1 aliphatic rings. The van der Waals surface area contributed by atoms with Crippen molar-refractivity contribution in [3.8, 4) is 0 Å². The minimum atomic E-state index is -3.81. The van der Waals surface area contributed by atoms with Gasteiger partial charge in [-0.15, -0.1) is 12.4 Å². The summed E-state index contributed by atoms with van der Waals surface area (Å²) < 4.78 is 27.8. The minimum Gasteiger partial charge on any atom is -0.324 e. The lowest BCUT2D eigenvalue weighted by Crippen LogP contribution is -2.48. The maximum absolute atomic E-state index is 13.2. The van der Waals surface area contributed by atoms with Gasteiger partial charge in [0, 0.05) is 32.7 Å². The van der Waals surface area contributed by atoms with Crippen LogP contribution in [0.4, 0.5) is 11.4 Å². The number of carbonyl (C=O) groups is 1. The van der Waals surface area contributed by atoms with Crippen LogP contribution in [-0.2, 0) is 14.8 Å². The highest BCUT2D eigenvalue weighted by Gasteiger charge is 2.25. The van der Waals surface area contributed by atoms with E-state index in [1.807, 2.05) is 6.07 Å². The lowest BCUT2D eigenvalue weighted by atomic mass is 10.3. The van der Waals surface area contributed by atoms with Gasteiger partial charge in [0.05, 0.1) is 27.8 Å². The summed E-state index contributed by atoms with van der Waals surface area (Å²) >= 11 is 6.26. The predicted molar refractivity (Wildman–Crippen MR) is 133 cm³/mol. The molecule has 1 aliphatic heterocycles. The number of hydrogen-bond acceptors (Lipinski definition) is 5. The molecule has 3 rings (SSSR count). The molecule has 0 unspecified atom stereocenters. The summed E-state index contributed by atoms with van der Waals surface area (Å²) in [5.74, 6) is -0.211. The second-order valence-electron chi connectivity index (χ2n) is 7.41. The number of amides is 1. The van der Waals surface area contributed by atoms with E-state index in [0.29, 0.717) is 16.4 Å². The first kappa shape index (κ1) is 26.4. The van der Waals surface area contributed by atoms with Crippen LogP contribution in [0.1, 0.15) is 13.8 Å². The quantitative estimate of drug-likeness (QED) is 0.599. The van der Waals surface area contributed by atoms with Crippen molar-refractivity contribution in [3.05, 3.63) is 53.6 Å². The summed E-state index contributed by atoms with van der Waals surface area (Å²) in [4.78, 5) is 17.1. The van der Waals surface area contributed by atoms with Gasteiger partial charge in [-0.3, -0.25) is 14.0 Å². The third kappa shape index (κ3) is 6.36. The summed E-state index contributed by atoms with van der Waals surface area (Å²) in [5, 5.41) is 3.08. The molecule has 0 saturated carbocycles. The number of halogens is 2. The molecule has 1 fully saturated rings. The van der Waals surface area contributed by atoms with E-state index < -0.39 is 10.0 Å². The number of sulfonamides is 1. The van der Waals surface area contributed by atoms with Crippen LogP contribution in [0.15, 0.2) is 53.4 Å². The zero-order chi connectivity index (χ0) is 22.4. The Bertz CT molecular complexity index is 997. The van der Waals surface area contributed by atoms with Crippen molar-refractivity contribution in [1.82, 2.24) is 9.80 Å². The Morgan fingerprint density at radius 1 is 1.03 bits per heavy atom. The van der Waals surface area contributed by atoms with Gasteiger partial charge in [-0.05, 0) is 43.8 Å². The molecule has 0 aromatic heterocycles. The molecule has 1 amide bonds. The van der Waals surface area contributed by atoms with E-state index in [-0.39, 0.29) is 36.3 Å². The van der Waals surface area contributed by atoms with Crippen molar-refractivity contribution >= 4 is 51.3 Å². The second-order valence-corrected chi connectivity index (χ2v) is 9.68. The molecule has 0 radical (unpaired) electrons. The first-order chi connectivity index (χ1) is 14.8. The van der Waals surface area contributed by atoms with Gasteiger partial charge in [0.2, 0.25) is 5.91 Å². The number of piperazine rings is 1. The van der Waals surface area contributed by atoms with Gasteiger partial charge in [0.15, 0.2) is 0 Å². The molecule has 1 saturated heterocycles. The summed E-state index contributed by atoms with van der Waals surface area (Å²) in [7, 11) is -3.81. The Morgan fingerprint density at radius 2 is 1.66 bits per heavy atom.